The summed E-state index contributed by atoms with van der Waals surface area (Å²) in [6.07, 6.45) is 4.36. The molecule has 1 saturated heterocycles. The largest absolute Gasteiger partial charge is 0.483 e. The van der Waals surface area contributed by atoms with Gasteiger partial charge in [-0.1, -0.05) is 23.2 Å². The summed E-state index contributed by atoms with van der Waals surface area (Å²) in [5, 5.41) is 8.35. The number of sulfonamides is 1. The fourth-order valence-electron chi connectivity index (χ4n) is 3.96. The third-order valence-corrected chi connectivity index (χ3v) is 8.04. The maximum atomic E-state index is 14.8. The molecule has 3 aromatic heterocycles. The van der Waals surface area contributed by atoms with E-state index in [1.807, 2.05) is 0 Å². The van der Waals surface area contributed by atoms with Crippen LogP contribution in [0.4, 0.5) is 10.2 Å². The topological polar surface area (TPSA) is 101 Å². The van der Waals surface area contributed by atoms with Gasteiger partial charge in [-0.25, -0.2) is 17.8 Å². The molecule has 0 spiro atoms. The Hall–Kier alpha value is -2.95. The highest BCUT2D eigenvalue weighted by atomic mass is 35.5. The summed E-state index contributed by atoms with van der Waals surface area (Å²) in [6.45, 7) is 2.12. The van der Waals surface area contributed by atoms with Gasteiger partial charge in [0.25, 0.3) is 0 Å². The van der Waals surface area contributed by atoms with Gasteiger partial charge in [-0.05, 0) is 31.5 Å². The Morgan fingerprint density at radius 2 is 1.94 bits per heavy atom. The molecule has 176 valence electrons. The molecule has 0 aliphatic carbocycles. The van der Waals surface area contributed by atoms with Crippen molar-refractivity contribution < 1.29 is 17.5 Å². The van der Waals surface area contributed by atoms with Gasteiger partial charge >= 0.3 is 0 Å². The van der Waals surface area contributed by atoms with Crippen molar-refractivity contribution in [3.8, 4) is 17.0 Å². The summed E-state index contributed by atoms with van der Waals surface area (Å²) in [6, 6.07) is 6.20. The third-order valence-electron chi connectivity index (χ3n) is 5.59. The second-order valence-corrected chi connectivity index (χ2v) is 10.7. The van der Waals surface area contributed by atoms with Gasteiger partial charge in [0.1, 0.15) is 17.6 Å². The highest BCUT2D eigenvalue weighted by molar-refractivity contribution is 7.93. The Morgan fingerprint density at radius 1 is 1.18 bits per heavy atom. The van der Waals surface area contributed by atoms with Gasteiger partial charge in [0, 0.05) is 47.7 Å². The number of hydrogen-bond donors (Lipinski definition) is 1. The van der Waals surface area contributed by atoms with Crippen LogP contribution < -0.4 is 9.04 Å². The lowest BCUT2D eigenvalue weighted by Crippen LogP contribution is -2.25. The molecule has 4 heterocycles. The Labute approximate surface area is 204 Å². The fraction of sp³-hybridized carbons (Fsp3) is 0.227. The lowest BCUT2D eigenvalue weighted by Gasteiger charge is -2.18. The van der Waals surface area contributed by atoms with E-state index in [2.05, 4.69) is 20.2 Å². The fourth-order valence-corrected chi connectivity index (χ4v) is 6.14. The summed E-state index contributed by atoms with van der Waals surface area (Å²) in [5.41, 5.74) is 2.13. The molecule has 1 atom stereocenters. The van der Waals surface area contributed by atoms with Crippen molar-refractivity contribution in [1.82, 2.24) is 20.2 Å². The molecule has 0 bridgehead atoms. The lowest BCUT2D eigenvalue weighted by molar-refractivity contribution is 0.217. The second kappa shape index (κ2) is 8.68. The molecule has 1 N–H and O–H groups in total. The van der Waals surface area contributed by atoms with Crippen LogP contribution in [-0.2, 0) is 10.0 Å². The molecular formula is C22H18Cl2FN5O3S. The zero-order valence-electron chi connectivity index (χ0n) is 17.8. The molecular weight excluding hydrogens is 504 g/mol. The standard InChI is InChI=1S/C22H18Cl2FN5O3S/c1-12(21-15(23)10-26-11-16(21)24)33-19-7-14-18(8-17(19)25)28-29-22(14)13-3-4-20(27-9-13)30-5-2-6-34(30,31)32/h3-4,7-12H,2,5-6H2,1H3,(H,28,29)/t12-/m1/s1. The van der Waals surface area contributed by atoms with Crippen LogP contribution in [0.2, 0.25) is 10.0 Å². The molecule has 1 aliphatic rings. The highest BCUT2D eigenvalue weighted by Crippen LogP contribution is 2.36. The molecule has 5 rings (SSSR count). The van der Waals surface area contributed by atoms with Gasteiger partial charge < -0.3 is 4.74 Å². The number of H-pyrrole nitrogens is 1. The zero-order valence-corrected chi connectivity index (χ0v) is 20.1. The van der Waals surface area contributed by atoms with Crippen molar-refractivity contribution in [3.05, 3.63) is 64.3 Å². The molecule has 34 heavy (non-hydrogen) atoms. The zero-order chi connectivity index (χ0) is 24.0. The van der Waals surface area contributed by atoms with E-state index in [0.29, 0.717) is 56.6 Å². The van der Waals surface area contributed by atoms with Crippen molar-refractivity contribution >= 4 is 49.9 Å². The number of pyridine rings is 2. The van der Waals surface area contributed by atoms with E-state index in [1.54, 1.807) is 31.3 Å². The van der Waals surface area contributed by atoms with E-state index in [0.717, 1.165) is 0 Å². The number of hydrogen-bond acceptors (Lipinski definition) is 6. The predicted octanol–water partition coefficient (Wildman–Crippen LogP) is 5.15. The van der Waals surface area contributed by atoms with Crippen LogP contribution in [0, 0.1) is 5.82 Å². The van der Waals surface area contributed by atoms with Gasteiger partial charge in [0.2, 0.25) is 10.0 Å². The number of aromatic amines is 1. The van der Waals surface area contributed by atoms with Crippen LogP contribution in [-0.4, -0.2) is 40.9 Å². The number of nitrogens with zero attached hydrogens (tertiary/aromatic N) is 4. The van der Waals surface area contributed by atoms with Crippen molar-refractivity contribution in [2.45, 2.75) is 19.4 Å². The van der Waals surface area contributed by atoms with Crippen LogP contribution in [0.15, 0.2) is 42.9 Å². The molecule has 4 aromatic rings. The number of anilines is 1. The smallest absolute Gasteiger partial charge is 0.236 e. The van der Waals surface area contributed by atoms with E-state index < -0.39 is 21.9 Å². The van der Waals surface area contributed by atoms with Crippen LogP contribution in [0.1, 0.15) is 25.0 Å². The first kappa shape index (κ1) is 22.8. The predicted molar refractivity (Wildman–Crippen MR) is 128 cm³/mol. The first-order chi connectivity index (χ1) is 16.2. The summed E-state index contributed by atoms with van der Waals surface area (Å²) in [4.78, 5) is 8.24. The Bertz CT molecular complexity index is 1470. The highest BCUT2D eigenvalue weighted by Gasteiger charge is 2.29. The van der Waals surface area contributed by atoms with Crippen molar-refractivity contribution in [1.29, 1.82) is 0 Å². The number of aromatic nitrogens is 4. The molecule has 12 heteroatoms. The molecule has 0 radical (unpaired) electrons. The summed E-state index contributed by atoms with van der Waals surface area (Å²) in [5.74, 6) is -0.109. The quantitative estimate of drug-likeness (QED) is 0.389. The van der Waals surface area contributed by atoms with E-state index in [-0.39, 0.29) is 11.5 Å². The van der Waals surface area contributed by atoms with Gasteiger partial charge in [-0.15, -0.1) is 0 Å². The summed E-state index contributed by atoms with van der Waals surface area (Å²) >= 11 is 12.4. The number of ether oxygens (including phenoxy) is 1. The van der Waals surface area contributed by atoms with E-state index >= 15 is 0 Å². The maximum Gasteiger partial charge on any atom is 0.236 e. The Balaban J connectivity index is 1.48. The second-order valence-electron chi connectivity index (χ2n) is 7.82. The van der Waals surface area contributed by atoms with Crippen molar-refractivity contribution in [3.63, 3.8) is 0 Å². The first-order valence-electron chi connectivity index (χ1n) is 10.3. The van der Waals surface area contributed by atoms with Gasteiger partial charge in [0.15, 0.2) is 11.6 Å². The number of halogens is 3. The number of fused-ring (bicyclic) bond motifs is 1. The molecule has 8 nitrogen and oxygen atoms in total. The summed E-state index contributed by atoms with van der Waals surface area (Å²) in [7, 11) is -3.32. The number of rotatable bonds is 5. The minimum atomic E-state index is -3.32. The molecule has 0 saturated carbocycles. The molecule has 1 fully saturated rings. The van der Waals surface area contributed by atoms with E-state index in [1.165, 1.54) is 22.8 Å². The van der Waals surface area contributed by atoms with Crippen molar-refractivity contribution in [2.75, 3.05) is 16.6 Å². The number of nitrogens with one attached hydrogen (secondary N) is 1. The maximum absolute atomic E-state index is 14.8. The van der Waals surface area contributed by atoms with E-state index in [4.69, 9.17) is 27.9 Å². The van der Waals surface area contributed by atoms with Crippen molar-refractivity contribution in [2.24, 2.45) is 0 Å². The van der Waals surface area contributed by atoms with Crippen LogP contribution in [0.25, 0.3) is 22.2 Å². The van der Waals surface area contributed by atoms with Gasteiger partial charge in [0.05, 0.1) is 21.3 Å². The molecule has 1 aliphatic heterocycles. The average molecular weight is 522 g/mol. The minimum Gasteiger partial charge on any atom is -0.483 e. The lowest BCUT2D eigenvalue weighted by atomic mass is 10.1. The first-order valence-corrected chi connectivity index (χ1v) is 12.7. The minimum absolute atomic E-state index is 0.000616. The monoisotopic (exact) mass is 521 g/mol. The van der Waals surface area contributed by atoms with Crippen LogP contribution in [0.5, 0.6) is 5.75 Å². The molecule has 1 aromatic carbocycles. The van der Waals surface area contributed by atoms with E-state index in [9.17, 15) is 12.8 Å². The van der Waals surface area contributed by atoms with Gasteiger partial charge in [-0.2, -0.15) is 5.10 Å². The van der Waals surface area contributed by atoms with Crippen LogP contribution >= 0.6 is 23.2 Å². The van der Waals surface area contributed by atoms with Gasteiger partial charge in [-0.3, -0.25) is 14.4 Å². The normalized spacial score (nSPS) is 16.2. The Morgan fingerprint density at radius 3 is 2.59 bits per heavy atom. The Kier molecular flexibility index (Phi) is 5.83. The summed E-state index contributed by atoms with van der Waals surface area (Å²) < 4.78 is 46.3. The SMILES string of the molecule is C[C@@H](Oc1cc2c(-c3ccc(N4CCCS4(=O)=O)nc3)n[nH]c2cc1F)c1c(Cl)cncc1Cl. The molecule has 0 amide bonds. The average Bonchev–Trinajstić information content (AvgIpc) is 3.36. The number of benzene rings is 1. The molecule has 0 unspecified atom stereocenters. The van der Waals surface area contributed by atoms with Crippen LogP contribution in [0.3, 0.4) is 0 Å². The third kappa shape index (κ3) is 4.06.